The number of methoxy groups -OCH3 is 1. The van der Waals surface area contributed by atoms with E-state index in [1.54, 1.807) is 7.11 Å². The van der Waals surface area contributed by atoms with Gasteiger partial charge in [0.2, 0.25) is 0 Å². The minimum Gasteiger partial charge on any atom is -0.497 e. The summed E-state index contributed by atoms with van der Waals surface area (Å²) in [5.74, 6) is 2.76. The summed E-state index contributed by atoms with van der Waals surface area (Å²) >= 11 is 0. The van der Waals surface area contributed by atoms with Gasteiger partial charge >= 0.3 is 0 Å². The molecule has 1 aromatic carbocycles. The summed E-state index contributed by atoms with van der Waals surface area (Å²) in [7, 11) is 1.73. The first kappa shape index (κ1) is 14.3. The highest BCUT2D eigenvalue weighted by Gasteiger charge is 2.56. The van der Waals surface area contributed by atoms with E-state index in [1.807, 2.05) is 0 Å². The fourth-order valence-electron chi connectivity index (χ4n) is 5.61. The second kappa shape index (κ2) is 4.86. The molecule has 118 valence electrons. The summed E-state index contributed by atoms with van der Waals surface area (Å²) in [6, 6.07) is 6.51. The second-order valence-corrected chi connectivity index (χ2v) is 7.66. The molecule has 2 nitrogen and oxygen atoms in total. The Kier molecular flexibility index (Phi) is 3.16. The molecule has 4 rings (SSSR count). The molecule has 0 amide bonds. The molecular weight excluding hydrogens is 272 g/mol. The fourth-order valence-corrected chi connectivity index (χ4v) is 5.61. The first-order valence-corrected chi connectivity index (χ1v) is 8.58. The van der Waals surface area contributed by atoms with Crippen LogP contribution in [0.3, 0.4) is 0 Å². The predicted octanol–water partition coefficient (Wildman–Crippen LogP) is 4.08. The average Bonchev–Trinajstić information content (AvgIpc) is 2.84. The average molecular weight is 298 g/mol. The van der Waals surface area contributed by atoms with Crippen LogP contribution in [0.25, 0.3) is 0 Å². The normalized spacial score (nSPS) is 39.9. The standard InChI is InChI=1S/C20H26O2/c1-12-4-9-18-16-7-5-13-10-14(22-3)6-8-15(13)17(16)11-19(21)20(12,18)2/h6,8,10,16-19,21H,1,4-5,7,9,11H2,2-3H3/t16-,17-,18+,19-,20-/m1/s1. The molecule has 0 unspecified atom stereocenters. The van der Waals surface area contributed by atoms with Gasteiger partial charge in [-0.1, -0.05) is 25.1 Å². The minimum atomic E-state index is -0.248. The van der Waals surface area contributed by atoms with Gasteiger partial charge in [-0.15, -0.1) is 0 Å². The van der Waals surface area contributed by atoms with Crippen molar-refractivity contribution in [2.24, 2.45) is 17.3 Å². The molecule has 2 saturated carbocycles. The topological polar surface area (TPSA) is 29.5 Å². The summed E-state index contributed by atoms with van der Waals surface area (Å²) in [4.78, 5) is 0. The third kappa shape index (κ3) is 1.76. The number of benzene rings is 1. The van der Waals surface area contributed by atoms with Gasteiger partial charge in [0.05, 0.1) is 13.2 Å². The second-order valence-electron chi connectivity index (χ2n) is 7.66. The van der Waals surface area contributed by atoms with E-state index in [4.69, 9.17) is 4.74 Å². The maximum Gasteiger partial charge on any atom is 0.119 e. The molecule has 0 saturated heterocycles. The Balaban J connectivity index is 1.74. The monoisotopic (exact) mass is 298 g/mol. The molecule has 2 heteroatoms. The van der Waals surface area contributed by atoms with E-state index in [0.29, 0.717) is 17.8 Å². The molecule has 0 heterocycles. The lowest BCUT2D eigenvalue weighted by Gasteiger charge is -2.52. The lowest BCUT2D eigenvalue weighted by atomic mass is 9.54. The van der Waals surface area contributed by atoms with Crippen LogP contribution in [-0.2, 0) is 6.42 Å². The molecule has 0 aliphatic heterocycles. The van der Waals surface area contributed by atoms with E-state index < -0.39 is 0 Å². The maximum absolute atomic E-state index is 10.9. The van der Waals surface area contributed by atoms with Gasteiger partial charge in [0.1, 0.15) is 5.75 Å². The van der Waals surface area contributed by atoms with Crippen molar-refractivity contribution in [3.05, 3.63) is 41.5 Å². The van der Waals surface area contributed by atoms with Crippen LogP contribution in [0.15, 0.2) is 30.4 Å². The van der Waals surface area contributed by atoms with Crippen LogP contribution in [0.1, 0.15) is 49.7 Å². The number of ether oxygens (including phenoxy) is 1. The Morgan fingerprint density at radius 1 is 1.27 bits per heavy atom. The van der Waals surface area contributed by atoms with Gasteiger partial charge in [0.15, 0.2) is 0 Å². The molecule has 1 N–H and O–H groups in total. The number of aliphatic hydroxyl groups excluding tert-OH is 1. The Bertz CT molecular complexity index is 620. The first-order valence-electron chi connectivity index (χ1n) is 8.58. The largest absolute Gasteiger partial charge is 0.497 e. The van der Waals surface area contributed by atoms with Crippen LogP contribution in [0, 0.1) is 17.3 Å². The Labute approximate surface area is 133 Å². The number of hydrogen-bond acceptors (Lipinski definition) is 2. The number of rotatable bonds is 1. The third-order valence-corrected chi connectivity index (χ3v) is 6.99. The van der Waals surface area contributed by atoms with Crippen LogP contribution in [0.4, 0.5) is 0 Å². The number of hydrogen-bond donors (Lipinski definition) is 1. The van der Waals surface area contributed by atoms with Gasteiger partial charge in [0.25, 0.3) is 0 Å². The van der Waals surface area contributed by atoms with E-state index in [2.05, 4.69) is 31.7 Å². The van der Waals surface area contributed by atoms with E-state index in [0.717, 1.165) is 25.0 Å². The van der Waals surface area contributed by atoms with Crippen molar-refractivity contribution in [1.29, 1.82) is 0 Å². The van der Waals surface area contributed by atoms with Crippen molar-refractivity contribution in [2.75, 3.05) is 7.11 Å². The first-order chi connectivity index (χ1) is 10.6. The Morgan fingerprint density at radius 2 is 2.09 bits per heavy atom. The highest BCUT2D eigenvalue weighted by Crippen LogP contribution is 2.62. The fraction of sp³-hybridized carbons (Fsp3) is 0.600. The third-order valence-electron chi connectivity index (χ3n) is 6.99. The molecule has 0 bridgehead atoms. The van der Waals surface area contributed by atoms with Crippen LogP contribution in [-0.4, -0.2) is 18.3 Å². The zero-order valence-corrected chi connectivity index (χ0v) is 13.6. The van der Waals surface area contributed by atoms with Crippen molar-refractivity contribution >= 4 is 0 Å². The summed E-state index contributed by atoms with van der Waals surface area (Å²) < 4.78 is 5.38. The Hall–Kier alpha value is -1.28. The van der Waals surface area contributed by atoms with Gasteiger partial charge in [-0.05, 0) is 73.1 Å². The number of aliphatic hydroxyl groups is 1. The molecule has 1 aromatic rings. The molecule has 3 aliphatic carbocycles. The van der Waals surface area contributed by atoms with Gasteiger partial charge in [-0.3, -0.25) is 0 Å². The lowest BCUT2D eigenvalue weighted by molar-refractivity contribution is -0.0468. The molecule has 2 fully saturated rings. The SMILES string of the molecule is C=C1CC[C@H]2[C@@H]3CCc4cc(OC)ccc4[C@H]3C[C@@H](O)[C@]12C. The maximum atomic E-state index is 10.9. The van der Waals surface area contributed by atoms with Gasteiger partial charge in [-0.25, -0.2) is 0 Å². The quantitative estimate of drug-likeness (QED) is 0.792. The van der Waals surface area contributed by atoms with E-state index in [1.165, 1.54) is 29.5 Å². The van der Waals surface area contributed by atoms with Crippen molar-refractivity contribution in [2.45, 2.75) is 51.0 Å². The molecule has 22 heavy (non-hydrogen) atoms. The van der Waals surface area contributed by atoms with E-state index in [-0.39, 0.29) is 11.5 Å². The summed E-state index contributed by atoms with van der Waals surface area (Å²) in [5, 5.41) is 10.9. The zero-order chi connectivity index (χ0) is 15.5. The van der Waals surface area contributed by atoms with Crippen molar-refractivity contribution < 1.29 is 9.84 Å². The minimum absolute atomic E-state index is 0.0505. The highest BCUT2D eigenvalue weighted by molar-refractivity contribution is 5.41. The molecular formula is C20H26O2. The predicted molar refractivity (Wildman–Crippen MR) is 88.1 cm³/mol. The van der Waals surface area contributed by atoms with Gasteiger partial charge < -0.3 is 9.84 Å². The molecule has 0 spiro atoms. The molecule has 0 radical (unpaired) electrons. The van der Waals surface area contributed by atoms with E-state index >= 15 is 0 Å². The zero-order valence-electron chi connectivity index (χ0n) is 13.6. The lowest BCUT2D eigenvalue weighted by Crippen LogP contribution is -2.48. The van der Waals surface area contributed by atoms with Crippen molar-refractivity contribution in [3.63, 3.8) is 0 Å². The van der Waals surface area contributed by atoms with Gasteiger partial charge in [0, 0.05) is 5.41 Å². The molecule has 0 aromatic heterocycles. The summed E-state index contributed by atoms with van der Waals surface area (Å²) in [6.07, 6.45) is 5.32. The highest BCUT2D eigenvalue weighted by atomic mass is 16.5. The van der Waals surface area contributed by atoms with Crippen LogP contribution >= 0.6 is 0 Å². The van der Waals surface area contributed by atoms with Crippen LogP contribution < -0.4 is 4.74 Å². The molecule has 3 aliphatic rings. The summed E-state index contributed by atoms with van der Waals surface area (Å²) in [5.41, 5.74) is 4.11. The van der Waals surface area contributed by atoms with Gasteiger partial charge in [-0.2, -0.15) is 0 Å². The van der Waals surface area contributed by atoms with Crippen molar-refractivity contribution in [1.82, 2.24) is 0 Å². The van der Waals surface area contributed by atoms with Crippen LogP contribution in [0.2, 0.25) is 0 Å². The van der Waals surface area contributed by atoms with Crippen molar-refractivity contribution in [3.8, 4) is 5.75 Å². The van der Waals surface area contributed by atoms with E-state index in [9.17, 15) is 5.11 Å². The smallest absolute Gasteiger partial charge is 0.119 e. The molecule has 5 atom stereocenters. The Morgan fingerprint density at radius 3 is 2.86 bits per heavy atom. The number of fused-ring (bicyclic) bond motifs is 5. The number of aryl methyl sites for hydroxylation is 1. The summed E-state index contributed by atoms with van der Waals surface area (Å²) in [6.45, 7) is 6.55. The van der Waals surface area contributed by atoms with Crippen LogP contribution in [0.5, 0.6) is 5.75 Å².